The van der Waals surface area contributed by atoms with Crippen molar-refractivity contribution in [2.75, 3.05) is 26.3 Å². The van der Waals surface area contributed by atoms with E-state index in [4.69, 9.17) is 4.74 Å². The number of thioether (sulfide) groups is 1. The van der Waals surface area contributed by atoms with Crippen LogP contribution in [0.5, 0.6) is 0 Å². The number of hydrogen-bond acceptors (Lipinski definition) is 5. The number of benzene rings is 2. The van der Waals surface area contributed by atoms with Crippen LogP contribution in [0.3, 0.4) is 0 Å². The lowest BCUT2D eigenvalue weighted by Gasteiger charge is -2.27. The van der Waals surface area contributed by atoms with Crippen molar-refractivity contribution in [2.45, 2.75) is 19.0 Å². The third-order valence-corrected chi connectivity index (χ3v) is 5.72. The predicted octanol–water partition coefficient (Wildman–Crippen LogP) is 4.08. The summed E-state index contributed by atoms with van der Waals surface area (Å²) >= 11 is 1.28. The summed E-state index contributed by atoms with van der Waals surface area (Å²) < 4.78 is 5.39. The fourth-order valence-corrected chi connectivity index (χ4v) is 4.02. The van der Waals surface area contributed by atoms with Gasteiger partial charge in [0.15, 0.2) is 5.82 Å². The number of carbonyl (C=O) groups excluding carboxylic acids is 1. The standard InChI is InChI=1S/C23H24N4O2S/c1-16-6-8-18(9-7-16)15-20(22(28)27-10-12-29-13-11-27)30-23-24-21(25-26-23)19-5-3-4-17(2)14-19/h3-9,14-15H,10-13H2,1-2H3,(H,24,25,26)/b20-15+. The van der Waals surface area contributed by atoms with Gasteiger partial charge in [-0.05, 0) is 43.3 Å². The number of ether oxygens (including phenoxy) is 1. The summed E-state index contributed by atoms with van der Waals surface area (Å²) in [5, 5.41) is 7.85. The molecule has 3 aromatic rings. The van der Waals surface area contributed by atoms with E-state index < -0.39 is 0 Å². The van der Waals surface area contributed by atoms with Crippen LogP contribution in [-0.2, 0) is 9.53 Å². The molecule has 0 radical (unpaired) electrons. The highest BCUT2D eigenvalue weighted by Crippen LogP contribution is 2.29. The molecule has 2 heterocycles. The molecule has 2 aromatic carbocycles. The number of nitrogens with zero attached hydrogens (tertiary/aromatic N) is 3. The summed E-state index contributed by atoms with van der Waals surface area (Å²) in [6, 6.07) is 16.2. The Labute approximate surface area is 180 Å². The second-order valence-corrected chi connectivity index (χ2v) is 8.27. The van der Waals surface area contributed by atoms with Gasteiger partial charge in [0.2, 0.25) is 5.16 Å². The number of morpholine rings is 1. The molecule has 1 aromatic heterocycles. The van der Waals surface area contributed by atoms with Gasteiger partial charge in [0.25, 0.3) is 5.91 Å². The van der Waals surface area contributed by atoms with Gasteiger partial charge in [-0.15, -0.1) is 5.10 Å². The van der Waals surface area contributed by atoms with E-state index in [0.717, 1.165) is 16.7 Å². The van der Waals surface area contributed by atoms with Crippen LogP contribution in [0.1, 0.15) is 16.7 Å². The first kappa shape index (κ1) is 20.4. The Bertz CT molecular complexity index is 1050. The molecule has 1 saturated heterocycles. The van der Waals surface area contributed by atoms with Crippen molar-refractivity contribution in [1.29, 1.82) is 0 Å². The zero-order valence-electron chi connectivity index (χ0n) is 17.1. The van der Waals surface area contributed by atoms with Gasteiger partial charge in [-0.1, -0.05) is 53.6 Å². The average Bonchev–Trinajstić information content (AvgIpc) is 3.23. The first-order valence-electron chi connectivity index (χ1n) is 9.91. The molecule has 1 aliphatic heterocycles. The molecule has 0 saturated carbocycles. The third kappa shape index (κ3) is 4.98. The van der Waals surface area contributed by atoms with Crippen molar-refractivity contribution in [3.05, 3.63) is 70.1 Å². The van der Waals surface area contributed by atoms with E-state index >= 15 is 0 Å². The monoisotopic (exact) mass is 420 g/mol. The van der Waals surface area contributed by atoms with Crippen LogP contribution in [0.2, 0.25) is 0 Å². The van der Waals surface area contributed by atoms with Crippen LogP contribution in [0.4, 0.5) is 0 Å². The van der Waals surface area contributed by atoms with Gasteiger partial charge in [-0.25, -0.2) is 4.98 Å². The van der Waals surface area contributed by atoms with Crippen LogP contribution in [0.25, 0.3) is 17.5 Å². The molecule has 1 fully saturated rings. The Morgan fingerprint density at radius 2 is 1.87 bits per heavy atom. The van der Waals surface area contributed by atoms with Crippen molar-refractivity contribution in [1.82, 2.24) is 20.1 Å². The number of nitrogens with one attached hydrogen (secondary N) is 1. The molecule has 0 unspecified atom stereocenters. The van der Waals surface area contributed by atoms with Gasteiger partial charge in [0.05, 0.1) is 18.1 Å². The van der Waals surface area contributed by atoms with Gasteiger partial charge in [0.1, 0.15) is 0 Å². The summed E-state index contributed by atoms with van der Waals surface area (Å²) in [6.07, 6.45) is 1.91. The Hall–Kier alpha value is -2.90. The van der Waals surface area contributed by atoms with Gasteiger partial charge in [-0.3, -0.25) is 9.89 Å². The first-order valence-corrected chi connectivity index (χ1v) is 10.7. The summed E-state index contributed by atoms with van der Waals surface area (Å²) in [5.41, 5.74) is 4.27. The van der Waals surface area contributed by atoms with Crippen molar-refractivity contribution < 1.29 is 9.53 Å². The molecule has 4 rings (SSSR count). The van der Waals surface area contributed by atoms with E-state index in [-0.39, 0.29) is 5.91 Å². The lowest BCUT2D eigenvalue weighted by atomic mass is 10.1. The molecule has 0 spiro atoms. The molecule has 0 aliphatic carbocycles. The summed E-state index contributed by atoms with van der Waals surface area (Å²) in [7, 11) is 0. The molecule has 1 amide bonds. The first-order chi connectivity index (χ1) is 14.6. The summed E-state index contributed by atoms with van der Waals surface area (Å²) in [5.74, 6) is 0.667. The molecule has 154 valence electrons. The minimum atomic E-state index is -0.0224. The van der Waals surface area contributed by atoms with Gasteiger partial charge in [-0.2, -0.15) is 0 Å². The molecule has 1 N–H and O–H groups in total. The zero-order valence-corrected chi connectivity index (χ0v) is 17.9. The molecule has 30 heavy (non-hydrogen) atoms. The second-order valence-electron chi connectivity index (χ2n) is 7.26. The summed E-state index contributed by atoms with van der Waals surface area (Å²) in [4.78, 5) is 20.2. The van der Waals surface area contributed by atoms with Crippen molar-refractivity contribution in [3.63, 3.8) is 0 Å². The van der Waals surface area contributed by atoms with Crippen LogP contribution >= 0.6 is 11.8 Å². The van der Waals surface area contributed by atoms with Crippen LogP contribution in [-0.4, -0.2) is 52.3 Å². The number of H-pyrrole nitrogens is 1. The number of aryl methyl sites for hydroxylation is 2. The van der Waals surface area contributed by atoms with Crippen LogP contribution in [0, 0.1) is 13.8 Å². The van der Waals surface area contributed by atoms with E-state index in [9.17, 15) is 4.79 Å². The highest BCUT2D eigenvalue weighted by atomic mass is 32.2. The second kappa shape index (κ2) is 9.28. The van der Waals surface area contributed by atoms with Crippen molar-refractivity contribution in [2.24, 2.45) is 0 Å². The molecule has 1 aliphatic rings. The number of aromatic nitrogens is 3. The van der Waals surface area contributed by atoms with E-state index in [1.165, 1.54) is 17.3 Å². The normalized spacial score (nSPS) is 14.7. The maximum atomic E-state index is 13.2. The Kier molecular flexibility index (Phi) is 6.30. The van der Waals surface area contributed by atoms with Crippen LogP contribution < -0.4 is 0 Å². The summed E-state index contributed by atoms with van der Waals surface area (Å²) in [6.45, 7) is 6.39. The van der Waals surface area contributed by atoms with Gasteiger partial charge in [0, 0.05) is 18.7 Å². The maximum absolute atomic E-state index is 13.2. The Morgan fingerprint density at radius 1 is 1.10 bits per heavy atom. The largest absolute Gasteiger partial charge is 0.378 e. The van der Waals surface area contributed by atoms with E-state index in [2.05, 4.69) is 21.2 Å². The topological polar surface area (TPSA) is 71.1 Å². The predicted molar refractivity (Wildman–Crippen MR) is 119 cm³/mol. The van der Waals surface area contributed by atoms with Crippen molar-refractivity contribution >= 4 is 23.7 Å². The molecule has 6 nitrogen and oxygen atoms in total. The molecule has 0 atom stereocenters. The van der Waals surface area contributed by atoms with E-state index in [0.29, 0.717) is 42.2 Å². The zero-order chi connectivity index (χ0) is 20.9. The van der Waals surface area contributed by atoms with Gasteiger partial charge < -0.3 is 9.64 Å². The van der Waals surface area contributed by atoms with E-state index in [1.807, 2.05) is 67.3 Å². The van der Waals surface area contributed by atoms with Crippen molar-refractivity contribution in [3.8, 4) is 11.4 Å². The van der Waals surface area contributed by atoms with Gasteiger partial charge >= 0.3 is 0 Å². The fraction of sp³-hybridized carbons (Fsp3) is 0.261. The lowest BCUT2D eigenvalue weighted by molar-refractivity contribution is -0.130. The SMILES string of the molecule is Cc1ccc(/C=C(/Sc2n[nH]c(-c3cccc(C)c3)n2)C(=O)N2CCOCC2)cc1. The minimum Gasteiger partial charge on any atom is -0.378 e. The smallest absolute Gasteiger partial charge is 0.260 e. The third-order valence-electron chi connectivity index (χ3n) is 4.84. The van der Waals surface area contributed by atoms with Crippen LogP contribution in [0.15, 0.2) is 58.6 Å². The molecule has 0 bridgehead atoms. The number of amides is 1. The highest BCUT2D eigenvalue weighted by molar-refractivity contribution is 8.04. The number of rotatable bonds is 5. The fourth-order valence-electron chi connectivity index (χ4n) is 3.18. The van der Waals surface area contributed by atoms with E-state index in [1.54, 1.807) is 0 Å². The maximum Gasteiger partial charge on any atom is 0.260 e. The molecular formula is C23H24N4O2S. The number of hydrogen-bond donors (Lipinski definition) is 1. The molecule has 7 heteroatoms. The Balaban J connectivity index is 1.61. The minimum absolute atomic E-state index is 0.0224. The number of aromatic amines is 1. The Morgan fingerprint density at radius 3 is 2.60 bits per heavy atom. The molecular weight excluding hydrogens is 396 g/mol. The quantitative estimate of drug-likeness (QED) is 0.497. The number of carbonyl (C=O) groups is 1. The average molecular weight is 421 g/mol. The lowest BCUT2D eigenvalue weighted by Crippen LogP contribution is -2.41. The highest BCUT2D eigenvalue weighted by Gasteiger charge is 2.23.